The van der Waals surface area contributed by atoms with Crippen molar-refractivity contribution in [2.75, 3.05) is 30.4 Å². The fourth-order valence-corrected chi connectivity index (χ4v) is 6.88. The second-order valence-electron chi connectivity index (χ2n) is 11.2. The number of aryl methyl sites for hydroxylation is 2. The molecule has 3 aliphatic rings. The summed E-state index contributed by atoms with van der Waals surface area (Å²) in [7, 11) is 0. The Kier molecular flexibility index (Phi) is 6.93. The molecule has 0 saturated carbocycles. The average molecular weight is 536 g/mol. The molecule has 2 aromatic rings. The number of carbonyl (C=O) groups excluding carboxylic acids is 3. The number of benzene rings is 2. The van der Waals surface area contributed by atoms with Crippen LogP contribution in [0.3, 0.4) is 0 Å². The Bertz CT molecular complexity index is 1300. The van der Waals surface area contributed by atoms with E-state index in [4.69, 9.17) is 9.47 Å². The molecule has 5 rings (SSSR count). The molecule has 3 saturated heterocycles. The van der Waals surface area contributed by atoms with Crippen molar-refractivity contribution >= 4 is 29.1 Å². The van der Waals surface area contributed by atoms with E-state index < -0.39 is 29.1 Å². The van der Waals surface area contributed by atoms with Crippen molar-refractivity contribution < 1.29 is 29.0 Å². The van der Waals surface area contributed by atoms with Crippen LogP contribution >= 0.6 is 0 Å². The minimum absolute atomic E-state index is 0.0242. The van der Waals surface area contributed by atoms with E-state index in [1.54, 1.807) is 24.3 Å². The maximum atomic E-state index is 13.9. The molecule has 9 heteroatoms. The van der Waals surface area contributed by atoms with E-state index in [2.05, 4.69) is 10.6 Å². The number of fused-ring (bicyclic) bond motifs is 1. The van der Waals surface area contributed by atoms with Crippen LogP contribution in [0.1, 0.15) is 38.3 Å². The average Bonchev–Trinajstić information content (AvgIpc) is 3.40. The molecule has 208 valence electrons. The predicted octanol–water partition coefficient (Wildman–Crippen LogP) is 3.28. The summed E-state index contributed by atoms with van der Waals surface area (Å²) in [6.45, 7) is 9.83. The van der Waals surface area contributed by atoms with Crippen LogP contribution in [0.25, 0.3) is 0 Å². The van der Waals surface area contributed by atoms with E-state index in [9.17, 15) is 19.5 Å². The zero-order valence-electron chi connectivity index (χ0n) is 23.1. The fourth-order valence-electron chi connectivity index (χ4n) is 6.88. The van der Waals surface area contributed by atoms with Gasteiger partial charge < -0.3 is 30.1 Å². The summed E-state index contributed by atoms with van der Waals surface area (Å²) in [6, 6.07) is 11.9. The van der Waals surface area contributed by atoms with Crippen molar-refractivity contribution in [2.24, 2.45) is 17.8 Å². The van der Waals surface area contributed by atoms with Crippen LogP contribution in [-0.2, 0) is 19.1 Å². The molecule has 3 fully saturated rings. The molecule has 2 aromatic carbocycles. The number of hydrogen-bond acceptors (Lipinski definition) is 6. The Morgan fingerprint density at radius 2 is 1.85 bits per heavy atom. The van der Waals surface area contributed by atoms with Gasteiger partial charge >= 0.3 is 0 Å². The Labute approximate surface area is 228 Å². The molecule has 0 aliphatic carbocycles. The second-order valence-corrected chi connectivity index (χ2v) is 11.2. The minimum atomic E-state index is -1.18. The van der Waals surface area contributed by atoms with Crippen molar-refractivity contribution in [1.29, 1.82) is 0 Å². The molecule has 3 N–H and O–H groups in total. The first-order valence-electron chi connectivity index (χ1n) is 13.6. The smallest absolute Gasteiger partial charge is 0.250 e. The van der Waals surface area contributed by atoms with Gasteiger partial charge in [0.05, 0.1) is 30.7 Å². The van der Waals surface area contributed by atoms with Crippen LogP contribution in [-0.4, -0.2) is 64.7 Å². The number of rotatable bonds is 8. The lowest BCUT2D eigenvalue weighted by atomic mass is 9.62. The summed E-state index contributed by atoms with van der Waals surface area (Å²) < 4.78 is 12.2. The monoisotopic (exact) mass is 535 g/mol. The number of nitrogens with one attached hydrogen (secondary N) is 2. The van der Waals surface area contributed by atoms with E-state index in [0.29, 0.717) is 30.2 Å². The molecule has 3 unspecified atom stereocenters. The topological polar surface area (TPSA) is 117 Å². The van der Waals surface area contributed by atoms with Crippen LogP contribution in [0.5, 0.6) is 5.75 Å². The molecule has 0 aromatic heterocycles. The molecule has 39 heavy (non-hydrogen) atoms. The molecule has 3 aliphatic heterocycles. The Morgan fingerprint density at radius 3 is 2.51 bits per heavy atom. The Hall–Kier alpha value is -3.43. The van der Waals surface area contributed by atoms with Crippen LogP contribution in [0.2, 0.25) is 0 Å². The van der Waals surface area contributed by atoms with Crippen molar-refractivity contribution in [3.05, 3.63) is 53.6 Å². The lowest BCUT2D eigenvalue weighted by Crippen LogP contribution is -2.54. The third-order valence-corrected chi connectivity index (χ3v) is 8.77. The van der Waals surface area contributed by atoms with Gasteiger partial charge in [-0.05, 0) is 81.5 Å². The largest absolute Gasteiger partial charge is 0.494 e. The van der Waals surface area contributed by atoms with Gasteiger partial charge in [-0.2, -0.15) is 0 Å². The van der Waals surface area contributed by atoms with Gasteiger partial charge in [0.1, 0.15) is 17.4 Å². The van der Waals surface area contributed by atoms with Crippen molar-refractivity contribution in [3.63, 3.8) is 0 Å². The molecule has 3 amide bonds. The van der Waals surface area contributed by atoms with Crippen LogP contribution in [0.15, 0.2) is 42.5 Å². The molecule has 6 atom stereocenters. The standard InChI is InChI=1S/C30H37N3O6/c1-6-38-21-11-9-20(10-12-21)31-26(35)23-24-28(37)33(13-14-34)25(30(24)16-19(4)29(23,5)39-30)27(36)32-22-15-17(2)7-8-18(22)3/h7-12,15,19,23-25,34H,6,13-14,16H2,1-5H3,(H,31,35)(H,32,36)/t19?,23-,24+,25?,29+,30?/m1/s1. The molecule has 9 nitrogen and oxygen atoms in total. The van der Waals surface area contributed by atoms with Gasteiger partial charge in [-0.15, -0.1) is 0 Å². The lowest BCUT2D eigenvalue weighted by molar-refractivity contribution is -0.144. The van der Waals surface area contributed by atoms with Gasteiger partial charge in [0.25, 0.3) is 0 Å². The third-order valence-electron chi connectivity index (χ3n) is 8.77. The zero-order valence-corrected chi connectivity index (χ0v) is 23.1. The van der Waals surface area contributed by atoms with Gasteiger partial charge in [-0.3, -0.25) is 14.4 Å². The highest BCUT2D eigenvalue weighted by molar-refractivity contribution is 6.05. The first-order chi connectivity index (χ1) is 18.6. The lowest BCUT2D eigenvalue weighted by Gasteiger charge is -2.36. The minimum Gasteiger partial charge on any atom is -0.494 e. The normalized spacial score (nSPS) is 30.8. The number of carbonyl (C=O) groups is 3. The summed E-state index contributed by atoms with van der Waals surface area (Å²) >= 11 is 0. The van der Waals surface area contributed by atoms with Crippen molar-refractivity contribution in [1.82, 2.24) is 4.90 Å². The third kappa shape index (κ3) is 4.28. The molecule has 3 heterocycles. The van der Waals surface area contributed by atoms with E-state index >= 15 is 0 Å². The van der Waals surface area contributed by atoms with Crippen molar-refractivity contribution in [3.8, 4) is 5.75 Å². The first-order valence-corrected chi connectivity index (χ1v) is 13.6. The summed E-state index contributed by atoms with van der Waals surface area (Å²) in [4.78, 5) is 43.1. The molecule has 1 spiro atoms. The maximum absolute atomic E-state index is 13.9. The fraction of sp³-hybridized carbons (Fsp3) is 0.500. The SMILES string of the molecule is CCOc1ccc(NC(=O)[C@H]2[C@H]3C(=O)N(CCO)C(C(=O)Nc4cc(C)ccc4C)C34CC(C)[C@]2(C)O4)cc1. The molecular formula is C30H37N3O6. The number of aliphatic hydroxyl groups is 1. The second kappa shape index (κ2) is 9.95. The van der Waals surface area contributed by atoms with E-state index in [1.165, 1.54) is 4.90 Å². The summed E-state index contributed by atoms with van der Waals surface area (Å²) in [5.41, 5.74) is 1.02. The van der Waals surface area contributed by atoms with Crippen LogP contribution in [0, 0.1) is 31.6 Å². The Balaban J connectivity index is 1.48. The first kappa shape index (κ1) is 27.1. The number of likely N-dealkylation sites (tertiary alicyclic amines) is 1. The highest BCUT2D eigenvalue weighted by Crippen LogP contribution is 2.65. The Morgan fingerprint density at radius 1 is 1.13 bits per heavy atom. The summed E-state index contributed by atoms with van der Waals surface area (Å²) in [5.74, 6) is -2.08. The van der Waals surface area contributed by atoms with Gasteiger partial charge in [-0.1, -0.05) is 19.1 Å². The molecule has 2 bridgehead atoms. The van der Waals surface area contributed by atoms with Gasteiger partial charge in [0.15, 0.2) is 0 Å². The summed E-state index contributed by atoms with van der Waals surface area (Å²) in [6.07, 6.45) is 0.458. The van der Waals surface area contributed by atoms with Gasteiger partial charge in [0.2, 0.25) is 17.7 Å². The van der Waals surface area contributed by atoms with E-state index in [1.807, 2.05) is 52.8 Å². The number of ether oxygens (including phenoxy) is 2. The number of aliphatic hydroxyl groups excluding tert-OH is 1. The van der Waals surface area contributed by atoms with Gasteiger partial charge in [0, 0.05) is 17.9 Å². The molecule has 0 radical (unpaired) electrons. The number of nitrogens with zero attached hydrogens (tertiary/aromatic N) is 1. The molecular weight excluding hydrogens is 498 g/mol. The predicted molar refractivity (Wildman–Crippen MR) is 146 cm³/mol. The quantitative estimate of drug-likeness (QED) is 0.478. The van der Waals surface area contributed by atoms with Crippen LogP contribution < -0.4 is 15.4 Å². The van der Waals surface area contributed by atoms with E-state index in [-0.39, 0.29) is 36.8 Å². The zero-order chi connectivity index (χ0) is 28.1. The van der Waals surface area contributed by atoms with Crippen molar-refractivity contribution in [2.45, 2.75) is 58.3 Å². The highest BCUT2D eigenvalue weighted by Gasteiger charge is 2.79. The van der Waals surface area contributed by atoms with Crippen LogP contribution in [0.4, 0.5) is 11.4 Å². The van der Waals surface area contributed by atoms with Gasteiger partial charge in [-0.25, -0.2) is 0 Å². The van der Waals surface area contributed by atoms with E-state index in [0.717, 1.165) is 11.1 Å². The highest BCUT2D eigenvalue weighted by atomic mass is 16.5. The maximum Gasteiger partial charge on any atom is 0.250 e. The summed E-state index contributed by atoms with van der Waals surface area (Å²) in [5, 5.41) is 15.8. The number of amides is 3. The number of hydrogen-bond donors (Lipinski definition) is 3. The number of β-amino-alcohol motifs (C(OH)–C–C–N with tert-alkyl or cyclic N) is 1. The number of anilines is 2.